The fraction of sp³-hybridized carbons (Fsp3) is 0.0345. The minimum atomic E-state index is 0.234. The number of benzene rings is 9. The largest absolute Gasteiger partial charge is 0.454 e. The number of hydrogen-bond donors (Lipinski definition) is 0. The standard InChI is InChI=1S/C58H42N2O/c1-5-16-41(17-6-1)44-28-33-49(34-29-44)59(51-26-15-23-47(38-51)43-20-9-3-10-21-43)52-39-54-57-53-27-14-13-22-46(53)32-37-56(57)61-58(54)55(40-52)60(48-24-11-4-12-25-48)50-35-30-45(31-36-50)42-18-7-2-8-19-42/h1-22,24-40,47H,23H2. The Kier molecular flexibility index (Phi) is 9.33. The molecule has 11 rings (SSSR count). The van der Waals surface area contributed by atoms with Crippen LogP contribution in [0.3, 0.4) is 0 Å². The SMILES string of the molecule is C1=CC(N(c2ccc(-c3ccccc3)cc2)c2cc(N(c3ccccc3)c3ccc(-c4ccccc4)cc3)c3oc4ccc5ccccc5c4c3c2)=CC(c2ccccc2)C1. The van der Waals surface area contributed by atoms with Gasteiger partial charge in [-0.05, 0) is 106 Å². The number of para-hydroxylation sites is 1. The first kappa shape index (κ1) is 36.2. The van der Waals surface area contributed by atoms with E-state index in [-0.39, 0.29) is 5.92 Å². The minimum absolute atomic E-state index is 0.234. The third-order valence-corrected chi connectivity index (χ3v) is 11.9. The first-order valence-corrected chi connectivity index (χ1v) is 21.0. The molecule has 1 unspecified atom stereocenters. The van der Waals surface area contributed by atoms with Crippen molar-refractivity contribution in [2.75, 3.05) is 9.80 Å². The highest BCUT2D eigenvalue weighted by molar-refractivity contribution is 6.22. The lowest BCUT2D eigenvalue weighted by atomic mass is 9.91. The monoisotopic (exact) mass is 782 g/mol. The zero-order valence-electron chi connectivity index (χ0n) is 33.6. The van der Waals surface area contributed by atoms with Crippen molar-refractivity contribution in [1.29, 1.82) is 0 Å². The summed E-state index contributed by atoms with van der Waals surface area (Å²) in [4.78, 5) is 4.77. The Morgan fingerprint density at radius 2 is 0.967 bits per heavy atom. The normalized spacial score (nSPS) is 13.7. The molecular weight excluding hydrogens is 741 g/mol. The summed E-state index contributed by atoms with van der Waals surface area (Å²) >= 11 is 0. The summed E-state index contributed by atoms with van der Waals surface area (Å²) in [5.74, 6) is 0.234. The third-order valence-electron chi connectivity index (χ3n) is 11.9. The Labute approximate surface area is 356 Å². The van der Waals surface area contributed by atoms with Gasteiger partial charge in [-0.15, -0.1) is 0 Å². The molecule has 0 N–H and O–H groups in total. The molecule has 10 aromatic rings. The van der Waals surface area contributed by atoms with Gasteiger partial charge in [0.2, 0.25) is 0 Å². The lowest BCUT2D eigenvalue weighted by Gasteiger charge is -2.32. The average Bonchev–Trinajstić information content (AvgIpc) is 3.73. The van der Waals surface area contributed by atoms with Crippen molar-refractivity contribution < 1.29 is 4.42 Å². The first-order valence-electron chi connectivity index (χ1n) is 21.0. The molecule has 0 saturated carbocycles. The minimum Gasteiger partial charge on any atom is -0.454 e. The predicted octanol–water partition coefficient (Wildman–Crippen LogP) is 16.3. The maximum absolute atomic E-state index is 7.05. The zero-order chi connectivity index (χ0) is 40.5. The van der Waals surface area contributed by atoms with Crippen LogP contribution < -0.4 is 9.80 Å². The summed E-state index contributed by atoms with van der Waals surface area (Å²) in [7, 11) is 0. The smallest absolute Gasteiger partial charge is 0.159 e. The molecule has 1 heterocycles. The second kappa shape index (κ2) is 15.7. The average molecular weight is 783 g/mol. The Morgan fingerprint density at radius 1 is 0.426 bits per heavy atom. The summed E-state index contributed by atoms with van der Waals surface area (Å²) in [6.45, 7) is 0. The highest BCUT2D eigenvalue weighted by Crippen LogP contribution is 2.48. The van der Waals surface area contributed by atoms with Gasteiger partial charge < -0.3 is 14.2 Å². The zero-order valence-corrected chi connectivity index (χ0v) is 33.6. The van der Waals surface area contributed by atoms with Crippen molar-refractivity contribution in [2.45, 2.75) is 12.3 Å². The second-order valence-electron chi connectivity index (χ2n) is 15.7. The van der Waals surface area contributed by atoms with Crippen molar-refractivity contribution in [3.8, 4) is 22.3 Å². The van der Waals surface area contributed by atoms with E-state index in [0.29, 0.717) is 0 Å². The summed E-state index contributed by atoms with van der Waals surface area (Å²) in [5.41, 5.74) is 14.0. The van der Waals surface area contributed by atoms with Crippen LogP contribution in [-0.4, -0.2) is 0 Å². The van der Waals surface area contributed by atoms with Crippen molar-refractivity contribution >= 4 is 61.1 Å². The summed E-state index contributed by atoms with van der Waals surface area (Å²) in [6, 6.07) is 78.1. The Bertz CT molecular complexity index is 3190. The van der Waals surface area contributed by atoms with Crippen LogP contribution in [0.2, 0.25) is 0 Å². The molecule has 1 aliphatic rings. The van der Waals surface area contributed by atoms with Crippen LogP contribution >= 0.6 is 0 Å². The first-order chi connectivity index (χ1) is 30.2. The molecule has 1 aromatic heterocycles. The molecule has 0 spiro atoms. The van der Waals surface area contributed by atoms with Crippen molar-refractivity contribution in [3.05, 3.63) is 248 Å². The van der Waals surface area contributed by atoms with Crippen LogP contribution in [0.1, 0.15) is 17.9 Å². The van der Waals surface area contributed by atoms with Gasteiger partial charge in [0.25, 0.3) is 0 Å². The van der Waals surface area contributed by atoms with E-state index in [1.165, 1.54) is 38.6 Å². The predicted molar refractivity (Wildman–Crippen MR) is 256 cm³/mol. The maximum atomic E-state index is 7.05. The Balaban J connectivity index is 1.18. The molecule has 9 aromatic carbocycles. The Hall–Kier alpha value is -7.88. The van der Waals surface area contributed by atoms with Gasteiger partial charge in [-0.3, -0.25) is 0 Å². The highest BCUT2D eigenvalue weighted by Gasteiger charge is 2.26. The van der Waals surface area contributed by atoms with Gasteiger partial charge in [-0.25, -0.2) is 0 Å². The van der Waals surface area contributed by atoms with E-state index in [0.717, 1.165) is 62.5 Å². The number of rotatable bonds is 9. The lowest BCUT2D eigenvalue weighted by Crippen LogP contribution is -2.19. The van der Waals surface area contributed by atoms with E-state index in [1.54, 1.807) is 0 Å². The van der Waals surface area contributed by atoms with E-state index >= 15 is 0 Å². The quantitative estimate of drug-likeness (QED) is 0.145. The molecule has 0 aliphatic heterocycles. The number of allylic oxidation sites excluding steroid dienone is 3. The Morgan fingerprint density at radius 3 is 1.62 bits per heavy atom. The fourth-order valence-corrected chi connectivity index (χ4v) is 8.98. The van der Waals surface area contributed by atoms with Crippen LogP contribution in [0.25, 0.3) is 55.0 Å². The summed E-state index contributed by atoms with van der Waals surface area (Å²) in [6.07, 6.45) is 7.99. The number of fused-ring (bicyclic) bond motifs is 5. The van der Waals surface area contributed by atoms with Gasteiger partial charge in [0.05, 0.1) is 5.69 Å². The molecule has 3 heteroatoms. The molecule has 1 aliphatic carbocycles. The third kappa shape index (κ3) is 6.86. The molecule has 3 nitrogen and oxygen atoms in total. The van der Waals surface area contributed by atoms with Crippen LogP contribution in [0.15, 0.2) is 247 Å². The van der Waals surface area contributed by atoms with Gasteiger partial charge in [-0.1, -0.05) is 176 Å². The second-order valence-corrected chi connectivity index (χ2v) is 15.7. The van der Waals surface area contributed by atoms with Crippen LogP contribution in [0.4, 0.5) is 28.4 Å². The molecule has 290 valence electrons. The van der Waals surface area contributed by atoms with Gasteiger partial charge in [-0.2, -0.15) is 0 Å². The van der Waals surface area contributed by atoms with Crippen LogP contribution in [0.5, 0.6) is 0 Å². The topological polar surface area (TPSA) is 19.6 Å². The summed E-state index contributed by atoms with van der Waals surface area (Å²) < 4.78 is 7.05. The molecule has 0 fully saturated rings. The van der Waals surface area contributed by atoms with Gasteiger partial charge in [0.1, 0.15) is 5.58 Å². The molecule has 1 atom stereocenters. The number of anilines is 5. The number of furan rings is 1. The molecule has 61 heavy (non-hydrogen) atoms. The van der Waals surface area contributed by atoms with E-state index in [4.69, 9.17) is 4.42 Å². The maximum Gasteiger partial charge on any atom is 0.159 e. The van der Waals surface area contributed by atoms with Gasteiger partial charge in [0, 0.05) is 45.1 Å². The lowest BCUT2D eigenvalue weighted by molar-refractivity contribution is 0.669. The van der Waals surface area contributed by atoms with Crippen LogP contribution in [0, 0.1) is 0 Å². The fourth-order valence-electron chi connectivity index (χ4n) is 8.98. The number of hydrogen-bond acceptors (Lipinski definition) is 3. The van der Waals surface area contributed by atoms with Crippen molar-refractivity contribution in [2.24, 2.45) is 0 Å². The van der Waals surface area contributed by atoms with E-state index in [1.807, 2.05) is 0 Å². The van der Waals surface area contributed by atoms with E-state index < -0.39 is 0 Å². The van der Waals surface area contributed by atoms with Crippen LogP contribution in [-0.2, 0) is 0 Å². The van der Waals surface area contributed by atoms with Gasteiger partial charge >= 0.3 is 0 Å². The summed E-state index contributed by atoms with van der Waals surface area (Å²) in [5, 5.41) is 4.52. The molecule has 0 radical (unpaired) electrons. The highest BCUT2D eigenvalue weighted by atomic mass is 16.3. The molecule has 0 amide bonds. The molecule has 0 bridgehead atoms. The van der Waals surface area contributed by atoms with Crippen molar-refractivity contribution in [1.82, 2.24) is 0 Å². The van der Waals surface area contributed by atoms with Crippen molar-refractivity contribution in [3.63, 3.8) is 0 Å². The molecular formula is C58H42N2O. The molecule has 0 saturated heterocycles. The van der Waals surface area contributed by atoms with Gasteiger partial charge in [0.15, 0.2) is 5.58 Å². The number of nitrogens with zero attached hydrogens (tertiary/aromatic N) is 2. The van der Waals surface area contributed by atoms with E-state index in [9.17, 15) is 0 Å². The van der Waals surface area contributed by atoms with E-state index in [2.05, 4.69) is 246 Å².